The Kier molecular flexibility index (Phi) is 4.29. The number of aromatic carboxylic acids is 1. The van der Waals surface area contributed by atoms with E-state index in [1.165, 1.54) is 24.3 Å². The Labute approximate surface area is 148 Å². The van der Waals surface area contributed by atoms with Gasteiger partial charge < -0.3 is 10.4 Å². The van der Waals surface area contributed by atoms with E-state index in [-0.39, 0.29) is 16.3 Å². The van der Waals surface area contributed by atoms with Crippen molar-refractivity contribution >= 4 is 40.8 Å². The average Bonchev–Trinajstić information content (AvgIpc) is 2.80. The molecule has 0 aromatic heterocycles. The number of hydrogen-bond donors (Lipinski definition) is 2. The van der Waals surface area contributed by atoms with Crippen molar-refractivity contribution in [1.29, 1.82) is 0 Å². The van der Waals surface area contributed by atoms with Crippen LogP contribution in [0, 0.1) is 6.92 Å². The van der Waals surface area contributed by atoms with Crippen molar-refractivity contribution in [2.45, 2.75) is 6.92 Å². The molecular formula is C18H13ClN2O4. The van der Waals surface area contributed by atoms with Crippen LogP contribution < -0.4 is 10.2 Å². The van der Waals surface area contributed by atoms with Crippen LogP contribution in [-0.2, 0) is 9.59 Å². The number of para-hydroxylation sites is 1. The van der Waals surface area contributed by atoms with Crippen LogP contribution in [-0.4, -0.2) is 22.9 Å². The summed E-state index contributed by atoms with van der Waals surface area (Å²) in [5.74, 6) is -2.22. The molecule has 0 saturated carbocycles. The number of nitrogens with one attached hydrogen (secondary N) is 1. The molecule has 1 aliphatic rings. The van der Waals surface area contributed by atoms with Gasteiger partial charge in [-0.25, -0.2) is 9.69 Å². The summed E-state index contributed by atoms with van der Waals surface area (Å²) >= 11 is 6.06. The lowest BCUT2D eigenvalue weighted by Gasteiger charge is -2.17. The summed E-state index contributed by atoms with van der Waals surface area (Å²) in [6, 6.07) is 12.8. The van der Waals surface area contributed by atoms with Gasteiger partial charge in [-0.05, 0) is 42.8 Å². The van der Waals surface area contributed by atoms with E-state index in [9.17, 15) is 14.4 Å². The van der Waals surface area contributed by atoms with Crippen molar-refractivity contribution in [1.82, 2.24) is 0 Å². The maximum Gasteiger partial charge on any atom is 0.335 e. The SMILES string of the molecule is Cc1ccccc1N1C(=O)C(Cl)=C(Nc2ccc(C(=O)O)cc2)C1=O. The average molecular weight is 357 g/mol. The van der Waals surface area contributed by atoms with Crippen LogP contribution in [0.2, 0.25) is 0 Å². The molecule has 0 fully saturated rings. The predicted octanol–water partition coefficient (Wildman–Crippen LogP) is 3.13. The summed E-state index contributed by atoms with van der Waals surface area (Å²) in [6.45, 7) is 1.79. The molecule has 1 aliphatic heterocycles. The zero-order valence-corrected chi connectivity index (χ0v) is 13.9. The van der Waals surface area contributed by atoms with Crippen LogP contribution in [0.3, 0.4) is 0 Å². The van der Waals surface area contributed by atoms with Crippen molar-refractivity contribution < 1.29 is 19.5 Å². The molecule has 0 unspecified atom stereocenters. The number of anilines is 2. The number of carboxylic acids is 1. The molecule has 126 valence electrons. The summed E-state index contributed by atoms with van der Waals surface area (Å²) in [5, 5.41) is 11.5. The molecule has 1 heterocycles. The minimum atomic E-state index is -1.05. The molecule has 2 amide bonds. The molecule has 2 N–H and O–H groups in total. The van der Waals surface area contributed by atoms with Gasteiger partial charge in [-0.15, -0.1) is 0 Å². The zero-order valence-electron chi connectivity index (χ0n) is 13.1. The number of carbonyl (C=O) groups excluding carboxylic acids is 2. The Bertz CT molecular complexity index is 919. The first-order valence-electron chi connectivity index (χ1n) is 7.34. The first kappa shape index (κ1) is 16.7. The third kappa shape index (κ3) is 2.99. The summed E-state index contributed by atoms with van der Waals surface area (Å²) in [4.78, 5) is 37.0. The number of aryl methyl sites for hydroxylation is 1. The minimum absolute atomic E-state index is 0.0435. The van der Waals surface area contributed by atoms with E-state index in [0.29, 0.717) is 11.4 Å². The van der Waals surface area contributed by atoms with Crippen LogP contribution in [0.15, 0.2) is 59.3 Å². The van der Waals surface area contributed by atoms with E-state index in [2.05, 4.69) is 5.32 Å². The molecule has 0 bridgehead atoms. The first-order valence-corrected chi connectivity index (χ1v) is 7.72. The number of halogens is 1. The second kappa shape index (κ2) is 6.41. The highest BCUT2D eigenvalue weighted by atomic mass is 35.5. The van der Waals surface area contributed by atoms with Crippen molar-refractivity contribution in [3.8, 4) is 0 Å². The molecule has 3 rings (SSSR count). The molecule has 2 aromatic carbocycles. The van der Waals surface area contributed by atoms with E-state index < -0.39 is 17.8 Å². The molecule has 6 nitrogen and oxygen atoms in total. The second-order valence-electron chi connectivity index (χ2n) is 5.43. The van der Waals surface area contributed by atoms with Gasteiger partial charge >= 0.3 is 5.97 Å². The highest BCUT2D eigenvalue weighted by Crippen LogP contribution is 2.31. The van der Waals surface area contributed by atoms with Crippen molar-refractivity contribution in [3.63, 3.8) is 0 Å². The molecule has 2 aromatic rings. The van der Waals surface area contributed by atoms with Gasteiger partial charge in [0.05, 0.1) is 11.3 Å². The standard InChI is InChI=1S/C18H13ClN2O4/c1-10-4-2-3-5-13(10)21-16(22)14(19)15(17(21)23)20-12-8-6-11(7-9-12)18(24)25/h2-9,20H,1H3,(H,24,25). The number of nitrogens with zero attached hydrogens (tertiary/aromatic N) is 1. The number of carbonyl (C=O) groups is 3. The Morgan fingerprint density at radius 3 is 2.28 bits per heavy atom. The number of amides is 2. The van der Waals surface area contributed by atoms with E-state index in [4.69, 9.17) is 16.7 Å². The van der Waals surface area contributed by atoms with E-state index in [1.807, 2.05) is 6.07 Å². The van der Waals surface area contributed by atoms with Crippen LogP contribution >= 0.6 is 11.6 Å². The Hall–Kier alpha value is -3.12. The molecule has 25 heavy (non-hydrogen) atoms. The van der Waals surface area contributed by atoms with E-state index >= 15 is 0 Å². The molecule has 0 radical (unpaired) electrons. The fourth-order valence-corrected chi connectivity index (χ4v) is 2.70. The summed E-state index contributed by atoms with van der Waals surface area (Å²) in [7, 11) is 0. The highest BCUT2D eigenvalue weighted by Gasteiger charge is 2.39. The number of hydrogen-bond acceptors (Lipinski definition) is 4. The van der Waals surface area contributed by atoms with Crippen LogP contribution in [0.25, 0.3) is 0 Å². The molecule has 0 spiro atoms. The quantitative estimate of drug-likeness (QED) is 0.822. The van der Waals surface area contributed by atoms with Crippen LogP contribution in [0.1, 0.15) is 15.9 Å². The molecule has 0 atom stereocenters. The number of benzene rings is 2. The molecule has 0 saturated heterocycles. The predicted molar refractivity (Wildman–Crippen MR) is 93.6 cm³/mol. The Morgan fingerprint density at radius 1 is 1.04 bits per heavy atom. The van der Waals surface area contributed by atoms with E-state index in [1.54, 1.807) is 25.1 Å². The lowest BCUT2D eigenvalue weighted by molar-refractivity contribution is -0.120. The minimum Gasteiger partial charge on any atom is -0.478 e. The summed E-state index contributed by atoms with van der Waals surface area (Å²) < 4.78 is 0. The molecule has 7 heteroatoms. The fraction of sp³-hybridized carbons (Fsp3) is 0.0556. The largest absolute Gasteiger partial charge is 0.478 e. The van der Waals surface area contributed by atoms with Crippen molar-refractivity contribution in [2.24, 2.45) is 0 Å². The van der Waals surface area contributed by atoms with E-state index in [0.717, 1.165) is 10.5 Å². The van der Waals surface area contributed by atoms with Crippen molar-refractivity contribution in [2.75, 3.05) is 10.2 Å². The van der Waals surface area contributed by atoms with Gasteiger partial charge in [-0.1, -0.05) is 29.8 Å². The van der Waals surface area contributed by atoms with Gasteiger partial charge in [0.15, 0.2) is 0 Å². The van der Waals surface area contributed by atoms with Gasteiger partial charge in [0.1, 0.15) is 10.7 Å². The number of carboxylic acid groups (broad SMARTS) is 1. The summed E-state index contributed by atoms with van der Waals surface area (Å²) in [6.07, 6.45) is 0. The number of rotatable bonds is 4. The lowest BCUT2D eigenvalue weighted by Crippen LogP contribution is -2.32. The van der Waals surface area contributed by atoms with Gasteiger partial charge in [0, 0.05) is 5.69 Å². The molecule has 0 aliphatic carbocycles. The van der Waals surface area contributed by atoms with Crippen molar-refractivity contribution in [3.05, 3.63) is 70.4 Å². The lowest BCUT2D eigenvalue weighted by atomic mass is 10.2. The third-order valence-electron chi connectivity index (χ3n) is 3.78. The second-order valence-corrected chi connectivity index (χ2v) is 5.81. The monoisotopic (exact) mass is 356 g/mol. The maximum atomic E-state index is 12.7. The van der Waals surface area contributed by atoms with Gasteiger partial charge in [0.2, 0.25) is 0 Å². The zero-order chi connectivity index (χ0) is 18.1. The van der Waals surface area contributed by atoms with Gasteiger partial charge in [-0.2, -0.15) is 0 Å². The topological polar surface area (TPSA) is 86.7 Å². The third-order valence-corrected chi connectivity index (χ3v) is 4.14. The van der Waals surface area contributed by atoms with Crippen LogP contribution in [0.4, 0.5) is 11.4 Å². The number of imide groups is 1. The summed E-state index contributed by atoms with van der Waals surface area (Å²) in [5.41, 5.74) is 1.75. The Balaban J connectivity index is 1.90. The normalized spacial score (nSPS) is 14.2. The first-order chi connectivity index (χ1) is 11.9. The Morgan fingerprint density at radius 2 is 1.68 bits per heavy atom. The maximum absolute atomic E-state index is 12.7. The van der Waals surface area contributed by atoms with Gasteiger partial charge in [0.25, 0.3) is 11.8 Å². The van der Waals surface area contributed by atoms with Crippen LogP contribution in [0.5, 0.6) is 0 Å². The fourth-order valence-electron chi connectivity index (χ4n) is 2.48. The van der Waals surface area contributed by atoms with Gasteiger partial charge in [-0.3, -0.25) is 9.59 Å². The molecular weight excluding hydrogens is 344 g/mol. The smallest absolute Gasteiger partial charge is 0.335 e. The highest BCUT2D eigenvalue weighted by molar-refractivity contribution is 6.53.